The first-order chi connectivity index (χ1) is 5.16. The highest BCUT2D eigenvalue weighted by Crippen LogP contribution is 2.08. The zero-order valence-corrected chi connectivity index (χ0v) is 7.21. The van der Waals surface area contributed by atoms with Gasteiger partial charge in [-0.25, -0.2) is 4.79 Å². The maximum absolute atomic E-state index is 10.1. The second-order valence-electron chi connectivity index (χ2n) is 2.82. The van der Waals surface area contributed by atoms with Crippen LogP contribution in [0.2, 0.25) is 0 Å². The van der Waals surface area contributed by atoms with Gasteiger partial charge < -0.3 is 5.11 Å². The lowest BCUT2D eigenvalue weighted by atomic mass is 10.0. The quantitative estimate of drug-likeness (QED) is 0.621. The molecule has 0 aliphatic rings. The van der Waals surface area contributed by atoms with E-state index < -0.39 is 5.97 Å². The zero-order valence-electron chi connectivity index (χ0n) is 7.21. The van der Waals surface area contributed by atoms with Crippen LogP contribution in [0.1, 0.15) is 33.1 Å². The van der Waals surface area contributed by atoms with Gasteiger partial charge >= 0.3 is 5.97 Å². The summed E-state index contributed by atoms with van der Waals surface area (Å²) >= 11 is 0. The van der Waals surface area contributed by atoms with E-state index >= 15 is 0 Å². The fourth-order valence-corrected chi connectivity index (χ4v) is 0.869. The van der Waals surface area contributed by atoms with E-state index in [-0.39, 0.29) is 0 Å². The summed E-state index contributed by atoms with van der Waals surface area (Å²) in [5.41, 5.74) is 0. The molecule has 0 bridgehead atoms. The van der Waals surface area contributed by atoms with Crippen molar-refractivity contribution in [1.29, 1.82) is 0 Å². The van der Waals surface area contributed by atoms with E-state index in [1.807, 2.05) is 6.92 Å². The Morgan fingerprint density at radius 3 is 2.73 bits per heavy atom. The van der Waals surface area contributed by atoms with Gasteiger partial charge in [-0.15, -0.1) is 0 Å². The van der Waals surface area contributed by atoms with E-state index in [9.17, 15) is 4.79 Å². The summed E-state index contributed by atoms with van der Waals surface area (Å²) < 4.78 is 0. The summed E-state index contributed by atoms with van der Waals surface area (Å²) in [7, 11) is 0. The van der Waals surface area contributed by atoms with Crippen LogP contribution in [0.4, 0.5) is 0 Å². The van der Waals surface area contributed by atoms with Gasteiger partial charge in [-0.1, -0.05) is 32.8 Å². The van der Waals surface area contributed by atoms with Crippen molar-refractivity contribution in [3.05, 3.63) is 12.2 Å². The van der Waals surface area contributed by atoms with Gasteiger partial charge in [0, 0.05) is 6.08 Å². The summed E-state index contributed by atoms with van der Waals surface area (Å²) in [5, 5.41) is 8.30. The van der Waals surface area contributed by atoms with Gasteiger partial charge in [-0.05, 0) is 12.3 Å². The second kappa shape index (κ2) is 5.96. The minimum atomic E-state index is -0.853. The Bertz CT molecular complexity index is 138. The van der Waals surface area contributed by atoms with Crippen molar-refractivity contribution in [3.8, 4) is 0 Å². The molecule has 0 amide bonds. The number of carboxylic acid groups (broad SMARTS) is 1. The fourth-order valence-electron chi connectivity index (χ4n) is 0.869. The normalized spacial score (nSPS) is 13.6. The predicted octanol–water partition coefficient (Wildman–Crippen LogP) is 2.45. The van der Waals surface area contributed by atoms with Crippen LogP contribution >= 0.6 is 0 Å². The van der Waals surface area contributed by atoms with E-state index in [0.717, 1.165) is 6.42 Å². The van der Waals surface area contributed by atoms with E-state index in [4.69, 9.17) is 5.11 Å². The number of aliphatic carboxylic acids is 1. The third kappa shape index (κ3) is 7.10. The molecule has 0 aliphatic heterocycles. The first kappa shape index (κ1) is 10.2. The Kier molecular flexibility index (Phi) is 5.53. The molecule has 0 aliphatic carbocycles. The SMILES string of the molecule is CCCCC(C)/C=C/C(=O)O. The molecule has 1 atom stereocenters. The largest absolute Gasteiger partial charge is 0.478 e. The highest BCUT2D eigenvalue weighted by molar-refractivity contribution is 5.79. The minimum Gasteiger partial charge on any atom is -0.478 e. The van der Waals surface area contributed by atoms with Crippen LogP contribution in [0.5, 0.6) is 0 Å². The maximum atomic E-state index is 10.1. The first-order valence-electron chi connectivity index (χ1n) is 4.08. The van der Waals surface area contributed by atoms with Gasteiger partial charge in [-0.3, -0.25) is 0 Å². The zero-order chi connectivity index (χ0) is 8.69. The van der Waals surface area contributed by atoms with Crippen molar-refractivity contribution in [3.63, 3.8) is 0 Å². The molecule has 64 valence electrons. The van der Waals surface area contributed by atoms with Crippen LogP contribution in [0.25, 0.3) is 0 Å². The van der Waals surface area contributed by atoms with Crippen molar-refractivity contribution < 1.29 is 9.90 Å². The molecule has 0 rings (SSSR count). The summed E-state index contributed by atoms with van der Waals surface area (Å²) in [6.45, 7) is 4.17. The smallest absolute Gasteiger partial charge is 0.327 e. The van der Waals surface area contributed by atoms with Gasteiger partial charge in [0.15, 0.2) is 0 Å². The average Bonchev–Trinajstić information content (AvgIpc) is 1.97. The van der Waals surface area contributed by atoms with E-state index in [0.29, 0.717) is 5.92 Å². The minimum absolute atomic E-state index is 0.394. The Hall–Kier alpha value is -0.790. The fraction of sp³-hybridized carbons (Fsp3) is 0.667. The molecule has 0 aromatic heterocycles. The topological polar surface area (TPSA) is 37.3 Å². The lowest BCUT2D eigenvalue weighted by Crippen LogP contribution is -1.92. The maximum Gasteiger partial charge on any atom is 0.327 e. The van der Waals surface area contributed by atoms with Crippen molar-refractivity contribution in [2.75, 3.05) is 0 Å². The average molecular weight is 156 g/mol. The van der Waals surface area contributed by atoms with Crippen LogP contribution in [0, 0.1) is 5.92 Å². The number of unbranched alkanes of at least 4 members (excludes halogenated alkanes) is 1. The van der Waals surface area contributed by atoms with E-state index in [2.05, 4.69) is 6.92 Å². The van der Waals surface area contributed by atoms with Gasteiger partial charge in [0.1, 0.15) is 0 Å². The van der Waals surface area contributed by atoms with Crippen LogP contribution in [0.15, 0.2) is 12.2 Å². The molecule has 11 heavy (non-hydrogen) atoms. The molecule has 0 saturated carbocycles. The standard InChI is InChI=1S/C9H16O2/c1-3-4-5-8(2)6-7-9(10)11/h6-8H,3-5H2,1-2H3,(H,10,11)/b7-6+. The summed E-state index contributed by atoms with van der Waals surface area (Å²) in [6.07, 6.45) is 6.40. The molecule has 2 nitrogen and oxygen atoms in total. The number of carboxylic acids is 1. The monoisotopic (exact) mass is 156 g/mol. The van der Waals surface area contributed by atoms with Gasteiger partial charge in [-0.2, -0.15) is 0 Å². The Balaban J connectivity index is 3.50. The number of hydrogen-bond donors (Lipinski definition) is 1. The van der Waals surface area contributed by atoms with Gasteiger partial charge in [0.2, 0.25) is 0 Å². The van der Waals surface area contributed by atoms with Crippen molar-refractivity contribution in [1.82, 2.24) is 0 Å². The van der Waals surface area contributed by atoms with Crippen molar-refractivity contribution >= 4 is 5.97 Å². The van der Waals surface area contributed by atoms with Crippen molar-refractivity contribution in [2.45, 2.75) is 33.1 Å². The predicted molar refractivity (Wildman–Crippen MR) is 45.5 cm³/mol. The number of rotatable bonds is 5. The molecule has 1 unspecified atom stereocenters. The molecule has 2 heteroatoms. The summed E-state index contributed by atoms with van der Waals surface area (Å²) in [6, 6.07) is 0. The molecule has 0 saturated heterocycles. The highest BCUT2D eigenvalue weighted by Gasteiger charge is 1.96. The molecule has 0 radical (unpaired) electrons. The Morgan fingerprint density at radius 2 is 2.27 bits per heavy atom. The molecular formula is C9H16O2. The molecule has 0 aromatic rings. The number of carbonyl (C=O) groups is 1. The van der Waals surface area contributed by atoms with Crippen LogP contribution < -0.4 is 0 Å². The molecule has 0 aromatic carbocycles. The lowest BCUT2D eigenvalue weighted by molar-refractivity contribution is -0.131. The molecule has 0 heterocycles. The van der Waals surface area contributed by atoms with Crippen LogP contribution in [-0.4, -0.2) is 11.1 Å². The number of allylic oxidation sites excluding steroid dienone is 1. The van der Waals surface area contributed by atoms with Crippen LogP contribution in [0.3, 0.4) is 0 Å². The Labute approximate surface area is 67.9 Å². The third-order valence-electron chi connectivity index (χ3n) is 1.58. The second-order valence-corrected chi connectivity index (χ2v) is 2.82. The lowest BCUT2D eigenvalue weighted by Gasteiger charge is -2.02. The molecule has 0 fully saturated rings. The Morgan fingerprint density at radius 1 is 1.64 bits per heavy atom. The molecular weight excluding hydrogens is 140 g/mol. The number of hydrogen-bond acceptors (Lipinski definition) is 1. The van der Waals surface area contributed by atoms with E-state index in [1.54, 1.807) is 6.08 Å². The molecule has 0 spiro atoms. The summed E-state index contributed by atoms with van der Waals surface area (Å²) in [5.74, 6) is -0.459. The highest BCUT2D eigenvalue weighted by atomic mass is 16.4. The summed E-state index contributed by atoms with van der Waals surface area (Å²) in [4.78, 5) is 10.1. The van der Waals surface area contributed by atoms with Gasteiger partial charge in [0.25, 0.3) is 0 Å². The van der Waals surface area contributed by atoms with E-state index in [1.165, 1.54) is 18.9 Å². The molecule has 1 N–H and O–H groups in total. The van der Waals surface area contributed by atoms with Gasteiger partial charge in [0.05, 0.1) is 0 Å². The van der Waals surface area contributed by atoms with Crippen molar-refractivity contribution in [2.24, 2.45) is 5.92 Å². The van der Waals surface area contributed by atoms with Crippen LogP contribution in [-0.2, 0) is 4.79 Å². The third-order valence-corrected chi connectivity index (χ3v) is 1.58. The first-order valence-corrected chi connectivity index (χ1v) is 4.08.